The van der Waals surface area contributed by atoms with Crippen molar-refractivity contribution in [2.45, 2.75) is 4.90 Å². The SMILES string of the molecule is CN(c1cccc(F)c1)S(=O)(=O)c1ccc(Cl)cc1N. The van der Waals surface area contributed by atoms with Crippen LogP contribution in [0.3, 0.4) is 0 Å². The molecule has 2 N–H and O–H groups in total. The highest BCUT2D eigenvalue weighted by Crippen LogP contribution is 2.28. The first-order valence-electron chi connectivity index (χ1n) is 5.62. The predicted molar refractivity (Wildman–Crippen MR) is 77.9 cm³/mol. The minimum absolute atomic E-state index is 0.0424. The van der Waals surface area contributed by atoms with E-state index in [9.17, 15) is 12.8 Å². The smallest absolute Gasteiger partial charge is 0.266 e. The third kappa shape index (κ3) is 2.71. The summed E-state index contributed by atoms with van der Waals surface area (Å²) in [6, 6.07) is 9.40. The lowest BCUT2D eigenvalue weighted by Gasteiger charge is -2.20. The second kappa shape index (κ2) is 5.30. The van der Waals surface area contributed by atoms with Gasteiger partial charge in [-0.25, -0.2) is 12.8 Å². The van der Waals surface area contributed by atoms with Gasteiger partial charge in [-0.1, -0.05) is 17.7 Å². The molecule has 0 aliphatic rings. The summed E-state index contributed by atoms with van der Waals surface area (Å²) < 4.78 is 39.1. The summed E-state index contributed by atoms with van der Waals surface area (Å²) in [4.78, 5) is -0.0753. The Kier molecular flexibility index (Phi) is 3.87. The normalized spacial score (nSPS) is 11.3. The van der Waals surface area contributed by atoms with Crippen molar-refractivity contribution in [2.75, 3.05) is 17.1 Å². The molecule has 0 saturated carbocycles. The average molecular weight is 315 g/mol. The van der Waals surface area contributed by atoms with E-state index in [1.54, 1.807) is 0 Å². The van der Waals surface area contributed by atoms with Gasteiger partial charge in [0.2, 0.25) is 0 Å². The first-order chi connectivity index (χ1) is 9.32. The molecule has 20 heavy (non-hydrogen) atoms. The molecule has 0 aliphatic carbocycles. The summed E-state index contributed by atoms with van der Waals surface area (Å²) in [7, 11) is -2.54. The summed E-state index contributed by atoms with van der Waals surface area (Å²) in [6.07, 6.45) is 0. The first kappa shape index (κ1) is 14.6. The standard InChI is InChI=1S/C13H12ClFN2O2S/c1-17(11-4-2-3-10(15)8-11)20(18,19)13-6-5-9(14)7-12(13)16/h2-8H,16H2,1H3. The third-order valence-electron chi connectivity index (χ3n) is 2.78. The van der Waals surface area contributed by atoms with Crippen LogP contribution in [0, 0.1) is 5.82 Å². The minimum atomic E-state index is -3.87. The van der Waals surface area contributed by atoms with Gasteiger partial charge in [-0.05, 0) is 36.4 Å². The van der Waals surface area contributed by atoms with Gasteiger partial charge in [0, 0.05) is 12.1 Å². The highest BCUT2D eigenvalue weighted by molar-refractivity contribution is 7.93. The maximum Gasteiger partial charge on any atom is 0.266 e. The molecule has 2 rings (SSSR count). The predicted octanol–water partition coefficient (Wildman–Crippen LogP) is 2.89. The Morgan fingerprint density at radius 1 is 1.20 bits per heavy atom. The van der Waals surface area contributed by atoms with Gasteiger partial charge in [0.1, 0.15) is 10.7 Å². The third-order valence-corrected chi connectivity index (χ3v) is 4.88. The topological polar surface area (TPSA) is 63.4 Å². The van der Waals surface area contributed by atoms with Crippen LogP contribution in [0.2, 0.25) is 5.02 Å². The molecule has 7 heteroatoms. The Bertz CT molecular complexity index is 750. The molecule has 0 spiro atoms. The molecule has 0 aliphatic heterocycles. The number of hydrogen-bond donors (Lipinski definition) is 1. The summed E-state index contributed by atoms with van der Waals surface area (Å²) >= 11 is 5.75. The van der Waals surface area contributed by atoms with Gasteiger partial charge in [-0.3, -0.25) is 4.31 Å². The van der Waals surface area contributed by atoms with Crippen molar-refractivity contribution in [2.24, 2.45) is 0 Å². The number of halogens is 2. The number of anilines is 2. The van der Waals surface area contributed by atoms with Crippen molar-refractivity contribution >= 4 is 33.0 Å². The van der Waals surface area contributed by atoms with Crippen molar-refractivity contribution in [3.05, 3.63) is 53.3 Å². The van der Waals surface area contributed by atoms with Crippen LogP contribution in [0.15, 0.2) is 47.4 Å². The van der Waals surface area contributed by atoms with Gasteiger partial charge in [0.05, 0.1) is 11.4 Å². The monoisotopic (exact) mass is 314 g/mol. The van der Waals surface area contributed by atoms with Gasteiger partial charge in [0.25, 0.3) is 10.0 Å². The summed E-state index contributed by atoms with van der Waals surface area (Å²) in [5, 5.41) is 0.342. The quantitative estimate of drug-likeness (QED) is 0.886. The van der Waals surface area contributed by atoms with Gasteiger partial charge in [-0.15, -0.1) is 0 Å². The second-order valence-corrected chi connectivity index (χ2v) is 6.51. The first-order valence-corrected chi connectivity index (χ1v) is 7.43. The fourth-order valence-electron chi connectivity index (χ4n) is 1.71. The molecule has 0 radical (unpaired) electrons. The molecule has 0 bridgehead atoms. The molecule has 0 fully saturated rings. The number of nitrogen functional groups attached to an aromatic ring is 1. The highest BCUT2D eigenvalue weighted by Gasteiger charge is 2.24. The summed E-state index contributed by atoms with van der Waals surface area (Å²) in [6.45, 7) is 0. The molecule has 0 heterocycles. The van der Waals surface area contributed by atoms with Crippen LogP contribution < -0.4 is 10.0 Å². The van der Waals surface area contributed by atoms with Crippen molar-refractivity contribution in [3.63, 3.8) is 0 Å². The van der Waals surface area contributed by atoms with Gasteiger partial charge < -0.3 is 5.73 Å². The Morgan fingerprint density at radius 3 is 2.50 bits per heavy atom. The highest BCUT2D eigenvalue weighted by atomic mass is 35.5. The van der Waals surface area contributed by atoms with Crippen LogP contribution in [0.1, 0.15) is 0 Å². The Labute approximate surface area is 121 Å². The average Bonchev–Trinajstić information content (AvgIpc) is 2.37. The van der Waals surface area contributed by atoms with Crippen molar-refractivity contribution in [3.8, 4) is 0 Å². The van der Waals surface area contributed by atoms with Gasteiger partial charge in [0.15, 0.2) is 0 Å². The molecule has 0 amide bonds. The molecular weight excluding hydrogens is 303 g/mol. The van der Waals surface area contributed by atoms with Gasteiger partial charge >= 0.3 is 0 Å². The summed E-state index contributed by atoms with van der Waals surface area (Å²) in [5.74, 6) is -0.520. The van der Waals surface area contributed by atoms with E-state index in [2.05, 4.69) is 0 Å². The number of benzene rings is 2. The Balaban J connectivity index is 2.49. The number of sulfonamides is 1. The number of nitrogens with zero attached hydrogens (tertiary/aromatic N) is 1. The number of rotatable bonds is 3. The largest absolute Gasteiger partial charge is 0.398 e. The van der Waals surface area contributed by atoms with E-state index in [0.29, 0.717) is 5.02 Å². The fraction of sp³-hybridized carbons (Fsp3) is 0.0769. The number of nitrogens with two attached hydrogens (primary N) is 1. The maximum atomic E-state index is 13.2. The van der Waals surface area contributed by atoms with Crippen molar-refractivity contribution in [1.29, 1.82) is 0 Å². The van der Waals surface area contributed by atoms with E-state index in [-0.39, 0.29) is 16.3 Å². The van der Waals surface area contributed by atoms with E-state index in [1.165, 1.54) is 43.4 Å². The molecule has 0 aromatic heterocycles. The summed E-state index contributed by atoms with van der Waals surface area (Å²) in [5.41, 5.74) is 5.94. The van der Waals surface area contributed by atoms with Crippen LogP contribution in [-0.4, -0.2) is 15.5 Å². The van der Waals surface area contributed by atoms with Crippen LogP contribution in [-0.2, 0) is 10.0 Å². The lowest BCUT2D eigenvalue weighted by molar-refractivity contribution is 0.594. The molecule has 2 aromatic rings. The number of hydrogen-bond acceptors (Lipinski definition) is 3. The lowest BCUT2D eigenvalue weighted by Crippen LogP contribution is -2.27. The molecular formula is C13H12ClFN2O2S. The molecule has 106 valence electrons. The molecule has 0 unspecified atom stereocenters. The van der Waals surface area contributed by atoms with Crippen molar-refractivity contribution in [1.82, 2.24) is 0 Å². The van der Waals surface area contributed by atoms with E-state index in [1.807, 2.05) is 0 Å². The van der Waals surface area contributed by atoms with E-state index in [0.717, 1.165) is 10.4 Å². The molecule has 4 nitrogen and oxygen atoms in total. The van der Waals surface area contributed by atoms with Crippen molar-refractivity contribution < 1.29 is 12.8 Å². The zero-order chi connectivity index (χ0) is 14.9. The van der Waals surface area contributed by atoms with E-state index in [4.69, 9.17) is 17.3 Å². The van der Waals surface area contributed by atoms with Crippen LogP contribution in [0.5, 0.6) is 0 Å². The molecule has 2 aromatic carbocycles. The minimum Gasteiger partial charge on any atom is -0.398 e. The Hall–Kier alpha value is -1.79. The molecule has 0 atom stereocenters. The maximum absolute atomic E-state index is 13.2. The van der Waals surface area contributed by atoms with Crippen LogP contribution in [0.25, 0.3) is 0 Å². The Morgan fingerprint density at radius 2 is 1.90 bits per heavy atom. The lowest BCUT2D eigenvalue weighted by atomic mass is 10.3. The zero-order valence-corrected chi connectivity index (χ0v) is 12.1. The van der Waals surface area contributed by atoms with Crippen LogP contribution in [0.4, 0.5) is 15.8 Å². The van der Waals surface area contributed by atoms with Crippen LogP contribution >= 0.6 is 11.6 Å². The van der Waals surface area contributed by atoms with Gasteiger partial charge in [-0.2, -0.15) is 0 Å². The zero-order valence-electron chi connectivity index (χ0n) is 10.5. The second-order valence-electron chi connectivity index (χ2n) is 4.13. The van der Waals surface area contributed by atoms with E-state index < -0.39 is 15.8 Å². The molecule has 0 saturated heterocycles. The fourth-order valence-corrected chi connectivity index (χ4v) is 3.18. The van der Waals surface area contributed by atoms with E-state index >= 15 is 0 Å².